The maximum absolute atomic E-state index is 12.4. The third kappa shape index (κ3) is 3.93. The van der Waals surface area contributed by atoms with Gasteiger partial charge in [0.25, 0.3) is 0 Å². The molecular weight excluding hydrogens is 328 g/mol. The average Bonchev–Trinajstić information content (AvgIpc) is 2.41. The van der Waals surface area contributed by atoms with E-state index in [1.54, 1.807) is 24.3 Å². The van der Waals surface area contributed by atoms with Crippen molar-refractivity contribution in [3.8, 4) is 5.75 Å². The molecule has 0 aromatic heterocycles. The van der Waals surface area contributed by atoms with Gasteiger partial charge < -0.3 is 10.1 Å². The summed E-state index contributed by atoms with van der Waals surface area (Å²) in [6.07, 6.45) is 0. The molecule has 0 amide bonds. The molecule has 0 spiro atoms. The third-order valence-corrected chi connectivity index (χ3v) is 3.36. The summed E-state index contributed by atoms with van der Waals surface area (Å²) in [5, 5.41) is 3.25. The molecule has 5 heteroatoms. The Morgan fingerprint density at radius 2 is 1.70 bits per heavy atom. The van der Waals surface area contributed by atoms with E-state index in [0.29, 0.717) is 5.56 Å². The maximum Gasteiger partial charge on any atom is 0.387 e. The first kappa shape index (κ1) is 14.8. The summed E-state index contributed by atoms with van der Waals surface area (Å²) in [4.78, 5) is 0. The van der Waals surface area contributed by atoms with Crippen LogP contribution in [0.5, 0.6) is 5.75 Å². The van der Waals surface area contributed by atoms with Crippen molar-refractivity contribution in [1.29, 1.82) is 0 Å². The van der Waals surface area contributed by atoms with E-state index in [4.69, 9.17) is 0 Å². The zero-order chi connectivity index (χ0) is 14.5. The summed E-state index contributed by atoms with van der Waals surface area (Å²) < 4.78 is 30.3. The second kappa shape index (κ2) is 6.70. The monoisotopic (exact) mass is 341 g/mol. The van der Waals surface area contributed by atoms with Gasteiger partial charge in [0.05, 0.1) is 6.04 Å². The van der Waals surface area contributed by atoms with Gasteiger partial charge in [0.15, 0.2) is 0 Å². The molecular formula is C15H14BrF2NO. The largest absolute Gasteiger partial charge is 0.434 e. The smallest absolute Gasteiger partial charge is 0.387 e. The predicted octanol–water partition coefficient (Wildman–Crippen LogP) is 5.22. The molecule has 2 rings (SSSR count). The highest BCUT2D eigenvalue weighted by molar-refractivity contribution is 9.10. The summed E-state index contributed by atoms with van der Waals surface area (Å²) >= 11 is 3.36. The quantitative estimate of drug-likeness (QED) is 0.804. The minimum Gasteiger partial charge on any atom is -0.434 e. The average molecular weight is 342 g/mol. The molecule has 0 radical (unpaired) electrons. The molecule has 0 saturated heterocycles. The zero-order valence-corrected chi connectivity index (χ0v) is 12.4. The summed E-state index contributed by atoms with van der Waals surface area (Å²) in [7, 11) is 0. The molecule has 1 N–H and O–H groups in total. The Bertz CT molecular complexity index is 560. The van der Waals surface area contributed by atoms with E-state index in [-0.39, 0.29) is 11.8 Å². The van der Waals surface area contributed by atoms with Crippen molar-refractivity contribution < 1.29 is 13.5 Å². The highest BCUT2D eigenvalue weighted by Gasteiger charge is 2.14. The van der Waals surface area contributed by atoms with Crippen LogP contribution in [0.15, 0.2) is 53.0 Å². The summed E-state index contributed by atoms with van der Waals surface area (Å²) in [5.41, 5.74) is 1.60. The predicted molar refractivity (Wildman–Crippen MR) is 79.3 cm³/mol. The standard InChI is InChI=1S/C15H14BrF2NO/c1-10(19-12-8-6-11(16)7-9-12)13-4-2-3-5-14(13)20-15(17)18/h2-10,15,19H,1H3. The molecule has 0 heterocycles. The first-order valence-electron chi connectivity index (χ1n) is 6.12. The molecule has 2 aromatic carbocycles. The van der Waals surface area contributed by atoms with Gasteiger partial charge in [-0.15, -0.1) is 0 Å². The second-order valence-corrected chi connectivity index (χ2v) is 5.20. The number of ether oxygens (including phenoxy) is 1. The third-order valence-electron chi connectivity index (χ3n) is 2.83. The van der Waals surface area contributed by atoms with Crippen LogP contribution >= 0.6 is 15.9 Å². The van der Waals surface area contributed by atoms with E-state index in [9.17, 15) is 8.78 Å². The number of hydrogen-bond acceptors (Lipinski definition) is 2. The molecule has 0 aliphatic carbocycles. The highest BCUT2D eigenvalue weighted by Crippen LogP contribution is 2.29. The Kier molecular flexibility index (Phi) is 4.95. The lowest BCUT2D eigenvalue weighted by Gasteiger charge is -2.19. The number of rotatable bonds is 5. The molecule has 2 nitrogen and oxygen atoms in total. The number of alkyl halides is 2. The molecule has 0 aliphatic rings. The van der Waals surface area contributed by atoms with Crippen LogP contribution in [0.25, 0.3) is 0 Å². The number of hydrogen-bond donors (Lipinski definition) is 1. The number of nitrogens with one attached hydrogen (secondary N) is 1. The normalized spacial score (nSPS) is 12.2. The van der Waals surface area contributed by atoms with Gasteiger partial charge in [-0.05, 0) is 37.3 Å². The number of para-hydroxylation sites is 1. The zero-order valence-electron chi connectivity index (χ0n) is 10.8. The van der Waals surface area contributed by atoms with Crippen molar-refractivity contribution in [2.45, 2.75) is 19.6 Å². The molecule has 106 valence electrons. The van der Waals surface area contributed by atoms with Crippen molar-refractivity contribution in [2.75, 3.05) is 5.32 Å². The highest BCUT2D eigenvalue weighted by atomic mass is 79.9. The lowest BCUT2D eigenvalue weighted by atomic mass is 10.1. The van der Waals surface area contributed by atoms with Gasteiger partial charge in [0.2, 0.25) is 0 Å². The second-order valence-electron chi connectivity index (χ2n) is 4.29. The Labute approximate surface area is 124 Å². The van der Waals surface area contributed by atoms with Crippen molar-refractivity contribution in [3.63, 3.8) is 0 Å². The SMILES string of the molecule is CC(Nc1ccc(Br)cc1)c1ccccc1OC(F)F. The Morgan fingerprint density at radius 3 is 2.35 bits per heavy atom. The Balaban J connectivity index is 2.16. The molecule has 0 fully saturated rings. The number of anilines is 1. The minimum absolute atomic E-state index is 0.147. The molecule has 1 unspecified atom stereocenters. The lowest BCUT2D eigenvalue weighted by molar-refractivity contribution is -0.0505. The van der Waals surface area contributed by atoms with Crippen LogP contribution in [0.3, 0.4) is 0 Å². The molecule has 20 heavy (non-hydrogen) atoms. The molecule has 0 aliphatic heterocycles. The Hall–Kier alpha value is -1.62. The van der Waals surface area contributed by atoms with E-state index in [0.717, 1.165) is 10.2 Å². The fraction of sp³-hybridized carbons (Fsp3) is 0.200. The van der Waals surface area contributed by atoms with Gasteiger partial charge in [-0.1, -0.05) is 34.1 Å². The van der Waals surface area contributed by atoms with Crippen LogP contribution in [-0.2, 0) is 0 Å². The fourth-order valence-corrected chi connectivity index (χ4v) is 2.18. The number of benzene rings is 2. The van der Waals surface area contributed by atoms with Crippen molar-refractivity contribution >= 4 is 21.6 Å². The van der Waals surface area contributed by atoms with Crippen LogP contribution in [-0.4, -0.2) is 6.61 Å². The topological polar surface area (TPSA) is 21.3 Å². The first-order valence-corrected chi connectivity index (χ1v) is 6.91. The Morgan fingerprint density at radius 1 is 1.05 bits per heavy atom. The minimum atomic E-state index is -2.82. The molecule has 0 bridgehead atoms. The fourth-order valence-electron chi connectivity index (χ4n) is 1.92. The van der Waals surface area contributed by atoms with E-state index < -0.39 is 6.61 Å². The van der Waals surface area contributed by atoms with Gasteiger partial charge in [-0.3, -0.25) is 0 Å². The van der Waals surface area contributed by atoms with Crippen LogP contribution in [0.1, 0.15) is 18.5 Å². The van der Waals surface area contributed by atoms with Gasteiger partial charge in [0.1, 0.15) is 5.75 Å². The maximum atomic E-state index is 12.4. The van der Waals surface area contributed by atoms with E-state index in [1.165, 1.54) is 0 Å². The van der Waals surface area contributed by atoms with Crippen molar-refractivity contribution in [2.24, 2.45) is 0 Å². The summed E-state index contributed by atoms with van der Waals surface area (Å²) in [6.45, 7) is -0.925. The van der Waals surface area contributed by atoms with Gasteiger partial charge in [-0.2, -0.15) is 8.78 Å². The molecule has 2 aromatic rings. The summed E-state index contributed by atoms with van der Waals surface area (Å²) in [6, 6.07) is 14.3. The van der Waals surface area contributed by atoms with Crippen LogP contribution in [0.2, 0.25) is 0 Å². The summed E-state index contributed by atoms with van der Waals surface area (Å²) in [5.74, 6) is 0.194. The lowest BCUT2D eigenvalue weighted by Crippen LogP contribution is -2.11. The molecule has 0 saturated carbocycles. The number of halogens is 3. The van der Waals surface area contributed by atoms with Crippen molar-refractivity contribution in [3.05, 3.63) is 58.6 Å². The van der Waals surface area contributed by atoms with Gasteiger partial charge >= 0.3 is 6.61 Å². The van der Waals surface area contributed by atoms with E-state index in [2.05, 4.69) is 26.0 Å². The van der Waals surface area contributed by atoms with Crippen LogP contribution in [0.4, 0.5) is 14.5 Å². The van der Waals surface area contributed by atoms with Crippen LogP contribution < -0.4 is 10.1 Å². The van der Waals surface area contributed by atoms with E-state index in [1.807, 2.05) is 31.2 Å². The van der Waals surface area contributed by atoms with Gasteiger partial charge in [0, 0.05) is 15.7 Å². The van der Waals surface area contributed by atoms with Crippen LogP contribution in [0, 0.1) is 0 Å². The van der Waals surface area contributed by atoms with Gasteiger partial charge in [-0.25, -0.2) is 0 Å². The van der Waals surface area contributed by atoms with Crippen molar-refractivity contribution in [1.82, 2.24) is 0 Å². The first-order chi connectivity index (χ1) is 9.56. The van der Waals surface area contributed by atoms with E-state index >= 15 is 0 Å². The molecule has 1 atom stereocenters.